The van der Waals surface area contributed by atoms with E-state index in [9.17, 15) is 24.0 Å². The van der Waals surface area contributed by atoms with Gasteiger partial charge in [0, 0.05) is 100 Å². The van der Waals surface area contributed by atoms with Gasteiger partial charge in [0.15, 0.2) is 0 Å². The molecule has 7 atom stereocenters. The quantitative estimate of drug-likeness (QED) is 0.0901. The van der Waals surface area contributed by atoms with Crippen LogP contribution in [0.2, 0.25) is 0 Å². The van der Waals surface area contributed by atoms with Gasteiger partial charge in [0.05, 0.1) is 55.8 Å². The number of carbonyl (C=O) groups is 5. The van der Waals surface area contributed by atoms with Crippen molar-refractivity contribution in [2.75, 3.05) is 85.4 Å². The third-order valence-electron chi connectivity index (χ3n) is 16.2. The molecule has 2 aliphatic carbocycles. The van der Waals surface area contributed by atoms with Crippen LogP contribution in [-0.2, 0) is 47.7 Å². The van der Waals surface area contributed by atoms with Crippen molar-refractivity contribution >= 4 is 35.6 Å². The zero-order valence-electron chi connectivity index (χ0n) is 45.9. The summed E-state index contributed by atoms with van der Waals surface area (Å²) >= 11 is 0. The fourth-order valence-electron chi connectivity index (χ4n) is 11.3. The van der Waals surface area contributed by atoms with Crippen molar-refractivity contribution in [1.29, 1.82) is 0 Å². The molecule has 0 aromatic carbocycles. The van der Waals surface area contributed by atoms with Gasteiger partial charge in [0.2, 0.25) is 17.7 Å². The van der Waals surface area contributed by atoms with Gasteiger partial charge in [-0.15, -0.1) is 0 Å². The number of imide groups is 1. The fourth-order valence-corrected chi connectivity index (χ4v) is 11.3. The van der Waals surface area contributed by atoms with Crippen LogP contribution in [-0.4, -0.2) is 194 Å². The van der Waals surface area contributed by atoms with Crippen molar-refractivity contribution in [2.24, 2.45) is 16.3 Å². The summed E-state index contributed by atoms with van der Waals surface area (Å²) in [5, 5.41) is 8.26. The van der Waals surface area contributed by atoms with Gasteiger partial charge >= 0.3 is 0 Å². The lowest BCUT2D eigenvalue weighted by atomic mass is 9.79. The maximum Gasteiger partial charge on any atom is 0.288 e. The number of aliphatic imine (C=N–C) groups is 1. The number of nitrogens with zero attached hydrogens (tertiary/aromatic N) is 5. The van der Waals surface area contributed by atoms with Crippen molar-refractivity contribution in [3.05, 3.63) is 35.6 Å². The van der Waals surface area contributed by atoms with Crippen LogP contribution in [0.1, 0.15) is 127 Å². The van der Waals surface area contributed by atoms with Crippen LogP contribution in [0.4, 0.5) is 4.39 Å². The maximum atomic E-state index is 15.1. The van der Waals surface area contributed by atoms with Gasteiger partial charge < -0.3 is 49.4 Å². The SMILES string of the molecule is C=C(C)[C@H](NC(=O)C(C)(C)CCOC(C)(C)CCN1C(=O)C=CC1=O)C(=O)NCC(=O)NCC(C)(C)OCCC(C)(C)OCCN1C2=C(CN(C3CCC4OC(N5CCOCC5)=NC4C3)CC2)C2CCC(F)CC21. The van der Waals surface area contributed by atoms with Gasteiger partial charge in [0.25, 0.3) is 17.8 Å². The third-order valence-corrected chi connectivity index (χ3v) is 16.2. The smallest absolute Gasteiger partial charge is 0.288 e. The number of hydrogen-bond donors (Lipinski definition) is 3. The molecule has 74 heavy (non-hydrogen) atoms. The van der Waals surface area contributed by atoms with Crippen LogP contribution in [0.3, 0.4) is 0 Å². The zero-order chi connectivity index (χ0) is 53.6. The highest BCUT2D eigenvalue weighted by Gasteiger charge is 2.48. The maximum absolute atomic E-state index is 15.1. The molecule has 7 aliphatic rings. The van der Waals surface area contributed by atoms with Crippen LogP contribution in [0.15, 0.2) is 40.6 Å². The molecule has 414 valence electrons. The second-order valence-corrected chi connectivity index (χ2v) is 24.0. The Labute approximate surface area is 438 Å². The Bertz CT molecular complexity index is 2140. The average Bonchev–Trinajstić information content (AvgIpc) is 4.02. The molecular formula is C55H87FN8O10. The topological polar surface area (TPSA) is 193 Å². The van der Waals surface area contributed by atoms with Gasteiger partial charge in [-0.25, -0.2) is 9.38 Å². The van der Waals surface area contributed by atoms with E-state index in [-0.39, 0.29) is 62.2 Å². The molecule has 0 radical (unpaired) electrons. The molecule has 5 amide bonds. The van der Waals surface area contributed by atoms with Gasteiger partial charge in [-0.1, -0.05) is 20.4 Å². The van der Waals surface area contributed by atoms with E-state index < -0.39 is 46.2 Å². The summed E-state index contributed by atoms with van der Waals surface area (Å²) in [6, 6.07) is 0.581. The van der Waals surface area contributed by atoms with Crippen molar-refractivity contribution in [3.63, 3.8) is 0 Å². The molecular weight excluding hydrogens is 952 g/mol. The van der Waals surface area contributed by atoms with E-state index in [4.69, 9.17) is 28.7 Å². The molecule has 7 rings (SSSR count). The Kier molecular flexibility index (Phi) is 18.8. The van der Waals surface area contributed by atoms with Crippen molar-refractivity contribution in [1.82, 2.24) is 35.6 Å². The highest BCUT2D eigenvalue weighted by Crippen LogP contribution is 2.47. The molecule has 0 aromatic heterocycles. The molecule has 19 heteroatoms. The van der Waals surface area contributed by atoms with E-state index in [1.54, 1.807) is 20.8 Å². The minimum Gasteiger partial charge on any atom is -0.460 e. The van der Waals surface area contributed by atoms with Crippen LogP contribution >= 0.6 is 0 Å². The first-order valence-corrected chi connectivity index (χ1v) is 27.3. The number of fused-ring (bicyclic) bond motifs is 3. The van der Waals surface area contributed by atoms with Gasteiger partial charge in [0.1, 0.15) is 18.3 Å². The summed E-state index contributed by atoms with van der Waals surface area (Å²) in [4.78, 5) is 77.2. The lowest BCUT2D eigenvalue weighted by Crippen LogP contribution is -2.53. The number of halogens is 1. The Hall–Kier alpha value is -4.43. The minimum absolute atomic E-state index is 0.171. The Morgan fingerprint density at radius 1 is 0.838 bits per heavy atom. The molecule has 2 saturated carbocycles. The number of rotatable bonds is 24. The Morgan fingerprint density at radius 2 is 1.51 bits per heavy atom. The van der Waals surface area contributed by atoms with Crippen LogP contribution in [0.5, 0.6) is 0 Å². The zero-order valence-corrected chi connectivity index (χ0v) is 45.9. The van der Waals surface area contributed by atoms with Crippen LogP contribution in [0.25, 0.3) is 0 Å². The van der Waals surface area contributed by atoms with Crippen LogP contribution < -0.4 is 16.0 Å². The van der Waals surface area contributed by atoms with E-state index in [0.717, 1.165) is 70.8 Å². The molecule has 0 spiro atoms. The van der Waals surface area contributed by atoms with Crippen LogP contribution in [0, 0.1) is 11.3 Å². The first-order chi connectivity index (χ1) is 34.9. The van der Waals surface area contributed by atoms with E-state index in [2.05, 4.69) is 51.1 Å². The van der Waals surface area contributed by atoms with Gasteiger partial charge in [-0.2, -0.15) is 0 Å². The molecule has 3 N–H and O–H groups in total. The molecule has 5 heterocycles. The normalized spacial score (nSPS) is 26.1. The lowest BCUT2D eigenvalue weighted by Gasteiger charge is -2.41. The average molecular weight is 1040 g/mol. The predicted octanol–water partition coefficient (Wildman–Crippen LogP) is 4.58. The minimum atomic E-state index is -1.06. The number of hydrogen-bond acceptors (Lipinski definition) is 14. The summed E-state index contributed by atoms with van der Waals surface area (Å²) in [6.45, 7) is 27.7. The van der Waals surface area contributed by atoms with E-state index in [1.807, 2.05) is 27.7 Å². The number of carbonyl (C=O) groups excluding carboxylic acids is 5. The number of alkyl halides is 1. The number of amides is 5. The molecule has 6 unspecified atom stereocenters. The highest BCUT2D eigenvalue weighted by atomic mass is 19.1. The second-order valence-electron chi connectivity index (χ2n) is 24.0. The second kappa shape index (κ2) is 24.3. The number of ether oxygens (including phenoxy) is 5. The first kappa shape index (κ1) is 57.3. The molecule has 18 nitrogen and oxygen atoms in total. The fraction of sp³-hybridized carbons (Fsp3) is 0.782. The molecule has 3 fully saturated rings. The van der Waals surface area contributed by atoms with Crippen molar-refractivity contribution in [3.8, 4) is 0 Å². The van der Waals surface area contributed by atoms with E-state index >= 15 is 4.39 Å². The van der Waals surface area contributed by atoms with Gasteiger partial charge in [-0.3, -0.25) is 33.8 Å². The van der Waals surface area contributed by atoms with Crippen molar-refractivity contribution in [2.45, 2.75) is 180 Å². The van der Waals surface area contributed by atoms with Crippen molar-refractivity contribution < 1.29 is 52.0 Å². The molecule has 1 saturated heterocycles. The summed E-state index contributed by atoms with van der Waals surface area (Å²) in [6.07, 6.45) is 9.45. The lowest BCUT2D eigenvalue weighted by molar-refractivity contribution is -0.138. The number of nitrogens with one attached hydrogen (secondary N) is 3. The predicted molar refractivity (Wildman–Crippen MR) is 278 cm³/mol. The highest BCUT2D eigenvalue weighted by molar-refractivity contribution is 6.12. The summed E-state index contributed by atoms with van der Waals surface area (Å²) < 4.78 is 45.8. The van der Waals surface area contributed by atoms with Gasteiger partial charge in [-0.05, 0) is 117 Å². The first-order valence-electron chi connectivity index (χ1n) is 27.3. The summed E-state index contributed by atoms with van der Waals surface area (Å²) in [7, 11) is 0. The summed E-state index contributed by atoms with van der Waals surface area (Å²) in [5.74, 6) is -1.67. The van der Waals surface area contributed by atoms with E-state index in [1.165, 1.54) is 28.3 Å². The Morgan fingerprint density at radius 3 is 2.23 bits per heavy atom. The molecule has 5 aliphatic heterocycles. The summed E-state index contributed by atoms with van der Waals surface area (Å²) in [5.41, 5.74) is 0.542. The largest absolute Gasteiger partial charge is 0.460 e. The third kappa shape index (κ3) is 14.9. The monoisotopic (exact) mass is 1040 g/mol. The molecule has 0 aromatic rings. The Balaban J connectivity index is 0.796. The molecule has 0 bridgehead atoms. The number of amidine groups is 1. The standard InChI is InChI=1S/C55H87FN8O10/c1-36(2)48(60-50(69)52(3,4)19-26-71-53(5,6)18-22-64-46(66)15-16-47(64)67)49(68)57-33-45(65)58-35-55(9,10)72-27-20-54(7,8)73-30-25-63-42-17-21-62(34-40(42)39-13-11-37(56)31-43(39)63)38-12-14-44-41(32-38)59-51(74-44)61-23-28-70-29-24-61/h15-16,37-39,41,43-44,48H,1,11-14,17-35H2,2-10H3,(H,57,68)(H,58,65)(H,60,69)/t37?,38?,39?,41?,43?,44?,48-/m0/s1. The number of morpholine rings is 1. The van der Waals surface area contributed by atoms with E-state index in [0.29, 0.717) is 76.1 Å².